The molecule has 0 aliphatic rings. The summed E-state index contributed by atoms with van der Waals surface area (Å²) in [4.78, 5) is 11.8. The minimum absolute atomic E-state index is 0.0582. The highest BCUT2D eigenvalue weighted by Gasteiger charge is 2.17. The fourth-order valence-electron chi connectivity index (χ4n) is 1.52. The van der Waals surface area contributed by atoms with E-state index in [9.17, 15) is 4.79 Å². The van der Waals surface area contributed by atoms with Gasteiger partial charge in [0.05, 0.1) is 5.56 Å². The molecule has 4 heteroatoms. The Hall–Kier alpha value is -1.29. The molecule has 4 nitrogen and oxygen atoms in total. The molecular formula is C11H18N2O2. The molecule has 0 radical (unpaired) electrons. The van der Waals surface area contributed by atoms with Crippen LogP contribution < -0.4 is 10.6 Å². The highest BCUT2D eigenvalue weighted by atomic mass is 16.3. The van der Waals surface area contributed by atoms with Crippen LogP contribution in [0.15, 0.2) is 4.42 Å². The first kappa shape index (κ1) is 11.8. The zero-order valence-corrected chi connectivity index (χ0v) is 9.73. The van der Waals surface area contributed by atoms with Crippen molar-refractivity contribution in [3.05, 3.63) is 22.6 Å². The van der Waals surface area contributed by atoms with Crippen LogP contribution in [0, 0.1) is 20.8 Å². The topological polar surface area (TPSA) is 54.3 Å². The minimum Gasteiger partial charge on any atom is -0.466 e. The number of aryl methyl sites for hydroxylation is 2. The summed E-state index contributed by atoms with van der Waals surface area (Å²) >= 11 is 0. The molecule has 1 amide bonds. The van der Waals surface area contributed by atoms with Crippen LogP contribution >= 0.6 is 0 Å². The lowest BCUT2D eigenvalue weighted by Crippen LogP contribution is -2.30. The van der Waals surface area contributed by atoms with Gasteiger partial charge in [0.2, 0.25) is 0 Å². The largest absolute Gasteiger partial charge is 0.466 e. The molecule has 0 atom stereocenters. The maximum absolute atomic E-state index is 11.8. The third kappa shape index (κ3) is 2.59. The van der Waals surface area contributed by atoms with Gasteiger partial charge in [0, 0.05) is 18.7 Å². The van der Waals surface area contributed by atoms with E-state index in [0.29, 0.717) is 17.9 Å². The molecule has 0 aromatic carbocycles. The van der Waals surface area contributed by atoms with Crippen molar-refractivity contribution in [2.24, 2.45) is 0 Å². The lowest BCUT2D eigenvalue weighted by Gasteiger charge is -2.04. The van der Waals surface area contributed by atoms with Crippen molar-refractivity contribution in [1.82, 2.24) is 10.6 Å². The summed E-state index contributed by atoms with van der Waals surface area (Å²) in [5.41, 5.74) is 1.60. The van der Waals surface area contributed by atoms with Gasteiger partial charge in [0.25, 0.3) is 5.91 Å². The first-order chi connectivity index (χ1) is 7.07. The number of nitrogens with one attached hydrogen (secondary N) is 2. The molecule has 84 valence electrons. The Labute approximate surface area is 90.0 Å². The van der Waals surface area contributed by atoms with E-state index in [1.165, 1.54) is 0 Å². The zero-order valence-electron chi connectivity index (χ0n) is 9.73. The smallest absolute Gasteiger partial charge is 0.255 e. The standard InChI is InChI=1S/C11H18N2O2/c1-7-8(2)15-9(3)10(7)11(14)13-6-5-12-4/h12H,5-6H2,1-4H3,(H,13,14). The summed E-state index contributed by atoms with van der Waals surface area (Å²) in [5.74, 6) is 1.44. The second-order valence-electron chi connectivity index (χ2n) is 3.57. The third-order valence-corrected chi connectivity index (χ3v) is 2.45. The Morgan fingerprint density at radius 2 is 1.87 bits per heavy atom. The van der Waals surface area contributed by atoms with Crippen molar-refractivity contribution in [3.8, 4) is 0 Å². The van der Waals surface area contributed by atoms with Crippen LogP contribution in [0.4, 0.5) is 0 Å². The predicted octanol–water partition coefficient (Wildman–Crippen LogP) is 1.15. The normalized spacial score (nSPS) is 10.4. The van der Waals surface area contributed by atoms with E-state index in [0.717, 1.165) is 17.9 Å². The Morgan fingerprint density at radius 1 is 1.20 bits per heavy atom. The summed E-state index contributed by atoms with van der Waals surface area (Å²) in [6.45, 7) is 6.97. The Kier molecular flexibility index (Phi) is 3.91. The monoisotopic (exact) mass is 210 g/mol. The Morgan fingerprint density at radius 3 is 2.33 bits per heavy atom. The van der Waals surface area contributed by atoms with Crippen LogP contribution in [0.1, 0.15) is 27.4 Å². The molecule has 15 heavy (non-hydrogen) atoms. The van der Waals surface area contributed by atoms with E-state index in [1.54, 1.807) is 0 Å². The molecular weight excluding hydrogens is 192 g/mol. The minimum atomic E-state index is -0.0582. The zero-order chi connectivity index (χ0) is 11.4. The number of amides is 1. The average molecular weight is 210 g/mol. The molecule has 0 bridgehead atoms. The first-order valence-electron chi connectivity index (χ1n) is 5.07. The molecule has 0 unspecified atom stereocenters. The highest BCUT2D eigenvalue weighted by Crippen LogP contribution is 2.20. The van der Waals surface area contributed by atoms with Crippen LogP contribution in [-0.4, -0.2) is 26.0 Å². The van der Waals surface area contributed by atoms with Crippen molar-refractivity contribution in [3.63, 3.8) is 0 Å². The van der Waals surface area contributed by atoms with Gasteiger partial charge in [0.1, 0.15) is 11.5 Å². The van der Waals surface area contributed by atoms with Crippen molar-refractivity contribution >= 4 is 5.91 Å². The summed E-state index contributed by atoms with van der Waals surface area (Å²) in [7, 11) is 1.85. The van der Waals surface area contributed by atoms with Gasteiger partial charge >= 0.3 is 0 Å². The van der Waals surface area contributed by atoms with E-state index >= 15 is 0 Å². The lowest BCUT2D eigenvalue weighted by molar-refractivity contribution is 0.0952. The first-order valence-corrected chi connectivity index (χ1v) is 5.07. The molecule has 0 aliphatic heterocycles. The van der Waals surface area contributed by atoms with Gasteiger partial charge in [-0.1, -0.05) is 0 Å². The molecule has 1 heterocycles. The van der Waals surface area contributed by atoms with Gasteiger partial charge in [-0.15, -0.1) is 0 Å². The van der Waals surface area contributed by atoms with E-state index < -0.39 is 0 Å². The third-order valence-electron chi connectivity index (χ3n) is 2.45. The number of likely N-dealkylation sites (N-methyl/N-ethyl adjacent to an activating group) is 1. The maximum atomic E-state index is 11.8. The molecule has 1 rings (SSSR count). The second kappa shape index (κ2) is 4.98. The molecule has 1 aromatic rings. The molecule has 0 fully saturated rings. The Balaban J connectivity index is 2.73. The van der Waals surface area contributed by atoms with E-state index in [1.807, 2.05) is 27.8 Å². The van der Waals surface area contributed by atoms with Crippen LogP contribution in [-0.2, 0) is 0 Å². The summed E-state index contributed by atoms with van der Waals surface area (Å²) < 4.78 is 5.40. The number of carbonyl (C=O) groups excluding carboxylic acids is 1. The molecule has 1 aromatic heterocycles. The van der Waals surface area contributed by atoms with Gasteiger partial charge in [-0.25, -0.2) is 0 Å². The van der Waals surface area contributed by atoms with Gasteiger partial charge in [-0.3, -0.25) is 4.79 Å². The molecule has 2 N–H and O–H groups in total. The fraction of sp³-hybridized carbons (Fsp3) is 0.545. The predicted molar refractivity (Wildman–Crippen MR) is 59.2 cm³/mol. The summed E-state index contributed by atoms with van der Waals surface area (Å²) in [6, 6.07) is 0. The highest BCUT2D eigenvalue weighted by molar-refractivity contribution is 5.96. The average Bonchev–Trinajstić information content (AvgIpc) is 2.41. The van der Waals surface area contributed by atoms with Crippen molar-refractivity contribution in [1.29, 1.82) is 0 Å². The number of carbonyl (C=O) groups is 1. The van der Waals surface area contributed by atoms with Gasteiger partial charge in [0.15, 0.2) is 0 Å². The number of hydrogen-bond donors (Lipinski definition) is 2. The fourth-order valence-corrected chi connectivity index (χ4v) is 1.52. The second-order valence-corrected chi connectivity index (χ2v) is 3.57. The number of rotatable bonds is 4. The lowest BCUT2D eigenvalue weighted by atomic mass is 10.1. The van der Waals surface area contributed by atoms with Crippen LogP contribution in [0.2, 0.25) is 0 Å². The van der Waals surface area contributed by atoms with Crippen molar-refractivity contribution < 1.29 is 9.21 Å². The van der Waals surface area contributed by atoms with Crippen molar-refractivity contribution in [2.75, 3.05) is 20.1 Å². The quantitative estimate of drug-likeness (QED) is 0.733. The van der Waals surface area contributed by atoms with Gasteiger partial charge < -0.3 is 15.1 Å². The summed E-state index contributed by atoms with van der Waals surface area (Å²) in [6.07, 6.45) is 0. The molecule has 0 spiro atoms. The molecule has 0 saturated carbocycles. The van der Waals surface area contributed by atoms with E-state index in [2.05, 4.69) is 10.6 Å². The number of hydrogen-bond acceptors (Lipinski definition) is 3. The Bertz CT molecular complexity index is 356. The SMILES string of the molecule is CNCCNC(=O)c1c(C)oc(C)c1C. The van der Waals surface area contributed by atoms with Gasteiger partial charge in [-0.05, 0) is 27.8 Å². The molecule has 0 saturated heterocycles. The van der Waals surface area contributed by atoms with E-state index in [-0.39, 0.29) is 5.91 Å². The number of furan rings is 1. The van der Waals surface area contributed by atoms with Crippen LogP contribution in [0.3, 0.4) is 0 Å². The van der Waals surface area contributed by atoms with Crippen molar-refractivity contribution in [2.45, 2.75) is 20.8 Å². The van der Waals surface area contributed by atoms with E-state index in [4.69, 9.17) is 4.42 Å². The van der Waals surface area contributed by atoms with Gasteiger partial charge in [-0.2, -0.15) is 0 Å². The summed E-state index contributed by atoms with van der Waals surface area (Å²) in [5, 5.41) is 5.80. The molecule has 0 aliphatic carbocycles. The van der Waals surface area contributed by atoms with Crippen LogP contribution in [0.25, 0.3) is 0 Å². The maximum Gasteiger partial charge on any atom is 0.255 e. The van der Waals surface area contributed by atoms with Crippen LogP contribution in [0.5, 0.6) is 0 Å².